The van der Waals surface area contributed by atoms with Gasteiger partial charge in [0.05, 0.1) is 4.90 Å². The molecule has 156 valence electrons. The van der Waals surface area contributed by atoms with E-state index in [2.05, 4.69) is 5.32 Å². The molecular formula is C20H30N2O5S. The minimum Gasteiger partial charge on any atom is -0.454 e. The van der Waals surface area contributed by atoms with Gasteiger partial charge in [-0.2, -0.15) is 4.31 Å². The number of hydrogen-bond donors (Lipinski definition) is 1. The third-order valence-corrected chi connectivity index (χ3v) is 6.72. The topological polar surface area (TPSA) is 92.8 Å². The van der Waals surface area contributed by atoms with Gasteiger partial charge in [-0.1, -0.05) is 17.7 Å². The van der Waals surface area contributed by atoms with Gasteiger partial charge in [0.2, 0.25) is 10.0 Å². The fraction of sp³-hybridized carbons (Fsp3) is 0.600. The molecule has 7 nitrogen and oxygen atoms in total. The number of carbonyl (C=O) groups is 2. The van der Waals surface area contributed by atoms with Crippen molar-refractivity contribution in [1.29, 1.82) is 0 Å². The number of ether oxygens (including phenoxy) is 1. The van der Waals surface area contributed by atoms with Gasteiger partial charge in [-0.25, -0.2) is 8.42 Å². The van der Waals surface area contributed by atoms with E-state index in [1.54, 1.807) is 13.8 Å². The van der Waals surface area contributed by atoms with Gasteiger partial charge in [-0.15, -0.1) is 0 Å². The number of esters is 1. The molecule has 1 heterocycles. The highest BCUT2D eigenvalue weighted by molar-refractivity contribution is 7.89. The van der Waals surface area contributed by atoms with Crippen molar-refractivity contribution >= 4 is 21.9 Å². The Balaban J connectivity index is 2.18. The SMILES string of the molecule is Cc1cc(C)c(S(=O)(=O)N2CCCC2C(=O)OCC(=O)NC(C)(C)C)c(C)c1. The lowest BCUT2D eigenvalue weighted by atomic mass is 10.1. The predicted octanol–water partition coefficient (Wildman–Crippen LogP) is 2.22. The monoisotopic (exact) mass is 410 g/mol. The summed E-state index contributed by atoms with van der Waals surface area (Å²) in [6.45, 7) is 10.7. The van der Waals surface area contributed by atoms with Crippen molar-refractivity contribution in [2.45, 2.75) is 70.9 Å². The van der Waals surface area contributed by atoms with Crippen molar-refractivity contribution < 1.29 is 22.7 Å². The number of amides is 1. The summed E-state index contributed by atoms with van der Waals surface area (Å²) in [5.41, 5.74) is 1.85. The molecule has 1 aliphatic rings. The second-order valence-corrected chi connectivity index (χ2v) is 10.2. The van der Waals surface area contributed by atoms with Crippen LogP contribution in [0.15, 0.2) is 17.0 Å². The lowest BCUT2D eigenvalue weighted by molar-refractivity contribution is -0.152. The minimum atomic E-state index is -3.85. The molecule has 1 fully saturated rings. The maximum atomic E-state index is 13.3. The van der Waals surface area contributed by atoms with Crippen molar-refractivity contribution in [3.8, 4) is 0 Å². The Kier molecular flexibility index (Phi) is 6.55. The molecule has 1 unspecified atom stereocenters. The number of nitrogens with zero attached hydrogens (tertiary/aromatic N) is 1. The van der Waals surface area contributed by atoms with Crippen LogP contribution in [-0.2, 0) is 24.3 Å². The summed E-state index contributed by atoms with van der Waals surface area (Å²) in [6.07, 6.45) is 0.944. The first kappa shape index (κ1) is 22.4. The normalized spacial score (nSPS) is 18.1. The third kappa shape index (κ3) is 5.11. The summed E-state index contributed by atoms with van der Waals surface area (Å²) < 4.78 is 32.9. The van der Waals surface area contributed by atoms with E-state index in [9.17, 15) is 18.0 Å². The Morgan fingerprint density at radius 3 is 2.29 bits per heavy atom. The lowest BCUT2D eigenvalue weighted by Crippen LogP contribution is -2.45. The van der Waals surface area contributed by atoms with Gasteiger partial charge in [0.25, 0.3) is 5.91 Å². The molecule has 0 spiro atoms. The number of carbonyl (C=O) groups excluding carboxylic acids is 2. The molecule has 0 saturated carbocycles. The van der Waals surface area contributed by atoms with Crippen molar-refractivity contribution in [2.24, 2.45) is 0 Å². The molecule has 0 radical (unpaired) electrons. The number of rotatable bonds is 5. The summed E-state index contributed by atoms with van der Waals surface area (Å²) in [7, 11) is -3.85. The molecule has 8 heteroatoms. The molecule has 1 aliphatic heterocycles. The van der Waals surface area contributed by atoms with E-state index < -0.39 is 40.1 Å². The van der Waals surface area contributed by atoms with Crippen LogP contribution in [0, 0.1) is 20.8 Å². The highest BCUT2D eigenvalue weighted by atomic mass is 32.2. The molecule has 1 N–H and O–H groups in total. The van der Waals surface area contributed by atoms with Crippen molar-refractivity contribution in [3.05, 3.63) is 28.8 Å². The van der Waals surface area contributed by atoms with E-state index in [0.717, 1.165) is 5.56 Å². The van der Waals surface area contributed by atoms with Crippen LogP contribution in [-0.4, -0.2) is 49.3 Å². The second-order valence-electron chi connectivity index (χ2n) is 8.41. The van der Waals surface area contributed by atoms with E-state index in [0.29, 0.717) is 24.0 Å². The Morgan fingerprint density at radius 2 is 1.75 bits per heavy atom. The summed E-state index contributed by atoms with van der Waals surface area (Å²) in [5, 5.41) is 2.70. The minimum absolute atomic E-state index is 0.239. The molecule has 1 saturated heterocycles. The Hall–Kier alpha value is -1.93. The van der Waals surface area contributed by atoms with Crippen molar-refractivity contribution in [1.82, 2.24) is 9.62 Å². The van der Waals surface area contributed by atoms with Crippen LogP contribution in [0.1, 0.15) is 50.3 Å². The first-order chi connectivity index (χ1) is 12.8. The summed E-state index contributed by atoms with van der Waals surface area (Å²) in [4.78, 5) is 24.6. The van der Waals surface area contributed by atoms with Crippen LogP contribution in [0.5, 0.6) is 0 Å². The molecule has 0 bridgehead atoms. The summed E-state index contributed by atoms with van der Waals surface area (Å²) in [6, 6.07) is 2.73. The Morgan fingerprint density at radius 1 is 1.18 bits per heavy atom. The van der Waals surface area contributed by atoms with Gasteiger partial charge in [0.1, 0.15) is 6.04 Å². The smallest absolute Gasteiger partial charge is 0.324 e. The standard InChI is InChI=1S/C20H30N2O5S/c1-13-10-14(2)18(15(3)11-13)28(25,26)22-9-7-8-16(22)19(24)27-12-17(23)21-20(4,5)6/h10-11,16H,7-9,12H2,1-6H3,(H,21,23). The number of aryl methyl sites for hydroxylation is 3. The fourth-order valence-corrected chi connectivity index (χ4v) is 5.70. The predicted molar refractivity (Wildman–Crippen MR) is 106 cm³/mol. The Bertz CT molecular complexity index is 848. The van der Waals surface area contributed by atoms with Crippen LogP contribution in [0.2, 0.25) is 0 Å². The van der Waals surface area contributed by atoms with Gasteiger partial charge >= 0.3 is 5.97 Å². The van der Waals surface area contributed by atoms with E-state index >= 15 is 0 Å². The van der Waals surface area contributed by atoms with E-state index in [1.165, 1.54) is 4.31 Å². The zero-order valence-corrected chi connectivity index (χ0v) is 18.3. The Labute approximate surface area is 167 Å². The molecule has 1 amide bonds. The van der Waals surface area contributed by atoms with Crippen LogP contribution in [0.4, 0.5) is 0 Å². The van der Waals surface area contributed by atoms with E-state index in [4.69, 9.17) is 4.74 Å². The van der Waals surface area contributed by atoms with Crippen LogP contribution in [0.25, 0.3) is 0 Å². The number of benzene rings is 1. The van der Waals surface area contributed by atoms with Crippen molar-refractivity contribution in [3.63, 3.8) is 0 Å². The number of hydrogen-bond acceptors (Lipinski definition) is 5. The van der Waals surface area contributed by atoms with Crippen LogP contribution >= 0.6 is 0 Å². The lowest BCUT2D eigenvalue weighted by Gasteiger charge is -2.25. The van der Waals surface area contributed by atoms with E-state index in [1.807, 2.05) is 39.8 Å². The molecule has 28 heavy (non-hydrogen) atoms. The maximum Gasteiger partial charge on any atom is 0.324 e. The largest absolute Gasteiger partial charge is 0.454 e. The number of nitrogens with one attached hydrogen (secondary N) is 1. The highest BCUT2D eigenvalue weighted by Gasteiger charge is 2.41. The van der Waals surface area contributed by atoms with Gasteiger partial charge < -0.3 is 10.1 Å². The number of sulfonamides is 1. The molecule has 1 atom stereocenters. The molecule has 1 aromatic rings. The molecular weight excluding hydrogens is 380 g/mol. The first-order valence-electron chi connectivity index (χ1n) is 9.40. The highest BCUT2D eigenvalue weighted by Crippen LogP contribution is 2.31. The average Bonchev–Trinajstić information content (AvgIpc) is 3.00. The van der Waals surface area contributed by atoms with Crippen molar-refractivity contribution in [2.75, 3.05) is 13.2 Å². The molecule has 0 aromatic heterocycles. The molecule has 1 aromatic carbocycles. The molecule has 0 aliphatic carbocycles. The van der Waals surface area contributed by atoms with Gasteiger partial charge in [0.15, 0.2) is 6.61 Å². The van der Waals surface area contributed by atoms with Crippen LogP contribution < -0.4 is 5.32 Å². The quantitative estimate of drug-likeness (QED) is 0.752. The van der Waals surface area contributed by atoms with Crippen LogP contribution in [0.3, 0.4) is 0 Å². The molecule has 2 rings (SSSR count). The van der Waals surface area contributed by atoms with Gasteiger partial charge in [0, 0.05) is 12.1 Å². The average molecular weight is 411 g/mol. The van der Waals surface area contributed by atoms with E-state index in [-0.39, 0.29) is 11.4 Å². The first-order valence-corrected chi connectivity index (χ1v) is 10.8. The van der Waals surface area contributed by atoms with Gasteiger partial charge in [-0.05, 0) is 65.5 Å². The maximum absolute atomic E-state index is 13.3. The van der Waals surface area contributed by atoms with Gasteiger partial charge in [-0.3, -0.25) is 9.59 Å². The second kappa shape index (κ2) is 8.21. The fourth-order valence-electron chi connectivity index (χ4n) is 3.64. The zero-order chi connectivity index (χ0) is 21.3. The third-order valence-electron chi connectivity index (χ3n) is 4.51. The zero-order valence-electron chi connectivity index (χ0n) is 17.5. The summed E-state index contributed by atoms with van der Waals surface area (Å²) >= 11 is 0. The summed E-state index contributed by atoms with van der Waals surface area (Å²) in [5.74, 6) is -1.11.